The van der Waals surface area contributed by atoms with E-state index in [2.05, 4.69) is 4.72 Å². The number of hydrogen-bond acceptors (Lipinski definition) is 5. The van der Waals surface area contributed by atoms with Crippen LogP contribution < -0.4 is 4.72 Å². The number of nitriles is 1. The van der Waals surface area contributed by atoms with E-state index in [9.17, 15) is 12.8 Å². The van der Waals surface area contributed by atoms with Gasteiger partial charge in [0.25, 0.3) is 10.0 Å². The standard InChI is InChI=1S/C11H7FN2O3S2/c12-9-5-7(15)1-3-10(9)14-19(16,17)11-4-2-8(6-13)18-11/h1-5,14-15H. The number of phenols is 1. The summed E-state index contributed by atoms with van der Waals surface area (Å²) in [5, 5.41) is 17.7. The molecule has 1 heterocycles. The molecule has 0 saturated carbocycles. The Morgan fingerprint density at radius 3 is 2.63 bits per heavy atom. The molecule has 0 fully saturated rings. The van der Waals surface area contributed by atoms with E-state index in [1.54, 1.807) is 0 Å². The Kier molecular flexibility index (Phi) is 3.42. The Labute approximate surface area is 112 Å². The maximum absolute atomic E-state index is 13.4. The van der Waals surface area contributed by atoms with Gasteiger partial charge in [0.15, 0.2) is 5.82 Å². The van der Waals surface area contributed by atoms with Gasteiger partial charge in [-0.2, -0.15) is 5.26 Å². The first-order chi connectivity index (χ1) is 8.92. The van der Waals surface area contributed by atoms with Crippen molar-refractivity contribution in [3.8, 4) is 11.8 Å². The molecule has 0 aliphatic rings. The number of halogens is 1. The second kappa shape index (κ2) is 4.87. The first-order valence-corrected chi connectivity index (χ1v) is 7.23. The number of rotatable bonds is 3. The summed E-state index contributed by atoms with van der Waals surface area (Å²) in [5.41, 5.74) is -0.273. The summed E-state index contributed by atoms with van der Waals surface area (Å²) in [7, 11) is -3.94. The third-order valence-electron chi connectivity index (χ3n) is 2.15. The zero-order chi connectivity index (χ0) is 14.0. The second-order valence-corrected chi connectivity index (χ2v) is 6.49. The third kappa shape index (κ3) is 2.83. The van der Waals surface area contributed by atoms with E-state index < -0.39 is 15.8 Å². The molecule has 0 aliphatic carbocycles. The molecule has 1 aromatic carbocycles. The van der Waals surface area contributed by atoms with Gasteiger partial charge in [-0.05, 0) is 24.3 Å². The van der Waals surface area contributed by atoms with Gasteiger partial charge in [-0.15, -0.1) is 11.3 Å². The van der Waals surface area contributed by atoms with Gasteiger partial charge in [-0.3, -0.25) is 4.72 Å². The first-order valence-electron chi connectivity index (χ1n) is 4.93. The molecule has 0 atom stereocenters. The number of benzene rings is 1. The SMILES string of the molecule is N#Cc1ccc(S(=O)(=O)Nc2ccc(O)cc2F)s1. The van der Waals surface area contributed by atoms with Crippen LogP contribution in [0.5, 0.6) is 5.75 Å². The van der Waals surface area contributed by atoms with Gasteiger partial charge in [0, 0.05) is 6.07 Å². The summed E-state index contributed by atoms with van der Waals surface area (Å²) >= 11 is 0.785. The predicted octanol–water partition coefficient (Wildman–Crippen LogP) is 2.27. The maximum atomic E-state index is 13.4. The molecular formula is C11H7FN2O3S2. The Balaban J connectivity index is 2.34. The normalized spacial score (nSPS) is 10.9. The molecule has 1 aromatic heterocycles. The highest BCUT2D eigenvalue weighted by molar-refractivity contribution is 7.94. The molecule has 5 nitrogen and oxygen atoms in total. The second-order valence-electron chi connectivity index (χ2n) is 3.50. The zero-order valence-electron chi connectivity index (χ0n) is 9.29. The van der Waals surface area contributed by atoms with E-state index in [1.165, 1.54) is 12.1 Å². The van der Waals surface area contributed by atoms with Crippen LogP contribution >= 0.6 is 11.3 Å². The molecule has 0 unspecified atom stereocenters. The monoisotopic (exact) mass is 298 g/mol. The Morgan fingerprint density at radius 1 is 1.32 bits per heavy atom. The molecule has 2 rings (SSSR count). The Bertz CT molecular complexity index is 762. The number of hydrogen-bond donors (Lipinski definition) is 2. The summed E-state index contributed by atoms with van der Waals surface area (Å²) < 4.78 is 39.3. The van der Waals surface area contributed by atoms with E-state index in [4.69, 9.17) is 10.4 Å². The average molecular weight is 298 g/mol. The molecule has 0 amide bonds. The summed E-state index contributed by atoms with van der Waals surface area (Å²) in [5.74, 6) is -1.19. The number of phenolic OH excluding ortho intramolecular Hbond substituents is 1. The summed E-state index contributed by atoms with van der Waals surface area (Å²) in [4.78, 5) is 0.242. The topological polar surface area (TPSA) is 90.2 Å². The number of nitrogens with zero attached hydrogens (tertiary/aromatic N) is 1. The summed E-state index contributed by atoms with van der Waals surface area (Å²) in [6, 6.07) is 7.53. The largest absolute Gasteiger partial charge is 0.508 e. The minimum atomic E-state index is -3.94. The molecule has 8 heteroatoms. The molecule has 0 bridgehead atoms. The lowest BCUT2D eigenvalue weighted by atomic mass is 10.3. The number of nitrogens with one attached hydrogen (secondary N) is 1. The van der Waals surface area contributed by atoms with Crippen molar-refractivity contribution in [2.45, 2.75) is 4.21 Å². The van der Waals surface area contributed by atoms with Crippen molar-refractivity contribution in [3.05, 3.63) is 41.0 Å². The number of anilines is 1. The zero-order valence-corrected chi connectivity index (χ0v) is 10.9. The highest BCUT2D eigenvalue weighted by atomic mass is 32.2. The Hall–Kier alpha value is -2.11. The van der Waals surface area contributed by atoms with Crippen LogP contribution in [0.2, 0.25) is 0 Å². The van der Waals surface area contributed by atoms with Crippen LogP contribution in [0.15, 0.2) is 34.5 Å². The molecule has 98 valence electrons. The van der Waals surface area contributed by atoms with Crippen LogP contribution in [0.4, 0.5) is 10.1 Å². The van der Waals surface area contributed by atoms with Crippen molar-refractivity contribution in [1.82, 2.24) is 0 Å². The highest BCUT2D eigenvalue weighted by Crippen LogP contribution is 2.26. The minimum absolute atomic E-state index is 0.0866. The fourth-order valence-electron chi connectivity index (χ4n) is 1.31. The first kappa shape index (κ1) is 13.3. The molecule has 0 aliphatic heterocycles. The van der Waals surface area contributed by atoms with Gasteiger partial charge in [0.2, 0.25) is 0 Å². The van der Waals surface area contributed by atoms with Gasteiger partial charge in [-0.25, -0.2) is 12.8 Å². The minimum Gasteiger partial charge on any atom is -0.508 e. The molecule has 2 aromatic rings. The van der Waals surface area contributed by atoms with Gasteiger partial charge < -0.3 is 5.11 Å². The highest BCUT2D eigenvalue weighted by Gasteiger charge is 2.18. The van der Waals surface area contributed by atoms with E-state index in [0.717, 1.165) is 29.5 Å². The van der Waals surface area contributed by atoms with E-state index in [1.807, 2.05) is 6.07 Å². The van der Waals surface area contributed by atoms with Gasteiger partial charge in [0.05, 0.1) is 5.69 Å². The third-order valence-corrected chi connectivity index (χ3v) is 5.00. The van der Waals surface area contributed by atoms with Crippen molar-refractivity contribution in [2.24, 2.45) is 0 Å². The number of thiophene rings is 1. The van der Waals surface area contributed by atoms with Gasteiger partial charge in [-0.1, -0.05) is 0 Å². The van der Waals surface area contributed by atoms with Gasteiger partial charge in [0.1, 0.15) is 20.9 Å². The lowest BCUT2D eigenvalue weighted by Crippen LogP contribution is -2.12. The molecule has 0 saturated heterocycles. The average Bonchev–Trinajstić information content (AvgIpc) is 2.82. The summed E-state index contributed by atoms with van der Waals surface area (Å²) in [6.45, 7) is 0. The quantitative estimate of drug-likeness (QED) is 0.850. The van der Waals surface area contributed by atoms with Crippen molar-refractivity contribution in [2.75, 3.05) is 4.72 Å². The molecular weight excluding hydrogens is 291 g/mol. The van der Waals surface area contributed by atoms with Crippen molar-refractivity contribution in [1.29, 1.82) is 5.26 Å². The van der Waals surface area contributed by atoms with Crippen LogP contribution in [0.3, 0.4) is 0 Å². The van der Waals surface area contributed by atoms with Crippen molar-refractivity contribution < 1.29 is 17.9 Å². The molecule has 19 heavy (non-hydrogen) atoms. The van der Waals surface area contributed by atoms with Gasteiger partial charge >= 0.3 is 0 Å². The summed E-state index contributed by atoms with van der Waals surface area (Å²) in [6.07, 6.45) is 0. The van der Waals surface area contributed by atoms with Crippen LogP contribution in [0.1, 0.15) is 4.88 Å². The van der Waals surface area contributed by atoms with Crippen LogP contribution in [-0.4, -0.2) is 13.5 Å². The molecule has 0 spiro atoms. The van der Waals surface area contributed by atoms with E-state index >= 15 is 0 Å². The fourth-order valence-corrected chi connectivity index (χ4v) is 3.48. The maximum Gasteiger partial charge on any atom is 0.271 e. The fraction of sp³-hybridized carbons (Fsp3) is 0. The number of aromatic hydroxyl groups is 1. The Morgan fingerprint density at radius 2 is 2.05 bits per heavy atom. The van der Waals surface area contributed by atoms with E-state index in [0.29, 0.717) is 0 Å². The number of sulfonamides is 1. The molecule has 0 radical (unpaired) electrons. The van der Waals surface area contributed by atoms with E-state index in [-0.39, 0.29) is 20.5 Å². The van der Waals surface area contributed by atoms with Crippen LogP contribution in [0, 0.1) is 17.1 Å². The van der Waals surface area contributed by atoms with Crippen molar-refractivity contribution in [3.63, 3.8) is 0 Å². The van der Waals surface area contributed by atoms with Crippen LogP contribution in [0.25, 0.3) is 0 Å². The molecule has 2 N–H and O–H groups in total. The van der Waals surface area contributed by atoms with Crippen LogP contribution in [-0.2, 0) is 10.0 Å². The lowest BCUT2D eigenvalue weighted by Gasteiger charge is -2.07. The van der Waals surface area contributed by atoms with Crippen molar-refractivity contribution >= 4 is 27.0 Å². The predicted molar refractivity (Wildman–Crippen MR) is 67.9 cm³/mol. The smallest absolute Gasteiger partial charge is 0.271 e. The lowest BCUT2D eigenvalue weighted by molar-refractivity contribution is 0.469.